The second-order valence-corrected chi connectivity index (χ2v) is 7.04. The third kappa shape index (κ3) is 14.7. The Morgan fingerprint density at radius 1 is 0.967 bits per heavy atom. The summed E-state index contributed by atoms with van der Waals surface area (Å²) in [6, 6.07) is -1.89. The predicted octanol–water partition coefficient (Wildman–Crippen LogP) is 0.00420. The molecule has 0 aliphatic heterocycles. The average molecular weight is 431 g/mol. The highest BCUT2D eigenvalue weighted by Crippen LogP contribution is 2.09. The third-order valence-electron chi connectivity index (χ3n) is 4.17. The van der Waals surface area contributed by atoms with Gasteiger partial charge in [-0.25, -0.2) is 4.79 Å². The van der Waals surface area contributed by atoms with E-state index < -0.39 is 24.0 Å². The molecule has 3 unspecified atom stereocenters. The van der Waals surface area contributed by atoms with Crippen molar-refractivity contribution in [2.45, 2.75) is 72.4 Å². The van der Waals surface area contributed by atoms with Crippen molar-refractivity contribution in [3.05, 3.63) is 0 Å². The minimum Gasteiger partial charge on any atom is -0.352 e. The number of carbonyl (C=O) groups is 4. The lowest BCUT2D eigenvalue weighted by molar-refractivity contribution is -0.130. The van der Waals surface area contributed by atoms with Gasteiger partial charge in [-0.3, -0.25) is 14.4 Å². The van der Waals surface area contributed by atoms with Gasteiger partial charge in [-0.05, 0) is 25.8 Å². The highest BCUT2D eigenvalue weighted by Gasteiger charge is 2.24. The number of nitrogens with two attached hydrogens (primary N) is 2. The summed E-state index contributed by atoms with van der Waals surface area (Å²) in [5, 5.41) is 10.5. The number of primary amides is 1. The fraction of sp³-hybridized carbons (Fsp3) is 0.800. The summed E-state index contributed by atoms with van der Waals surface area (Å²) in [7, 11) is 0. The number of ketones is 1. The normalized spacial score (nSPS) is 13.1. The molecule has 30 heavy (non-hydrogen) atoms. The molecule has 0 aromatic carbocycles. The first-order valence-corrected chi connectivity index (χ1v) is 10.8. The van der Waals surface area contributed by atoms with Crippen LogP contribution < -0.4 is 32.7 Å². The zero-order valence-corrected chi connectivity index (χ0v) is 19.2. The molecule has 0 aromatic rings. The Hall–Kier alpha value is -2.20. The number of urea groups is 1. The first-order valence-electron chi connectivity index (χ1n) is 10.8. The molecule has 0 aliphatic rings. The van der Waals surface area contributed by atoms with Gasteiger partial charge in [-0.2, -0.15) is 0 Å². The lowest BCUT2D eigenvalue weighted by Gasteiger charge is -2.21. The zero-order chi connectivity index (χ0) is 23.5. The minimum atomic E-state index is -0.682. The first-order chi connectivity index (χ1) is 14.2. The molecule has 10 heteroatoms. The number of likely N-dealkylation sites (N-methyl/N-ethyl adjacent to an activating group) is 1. The van der Waals surface area contributed by atoms with E-state index in [1.54, 1.807) is 6.92 Å². The van der Waals surface area contributed by atoms with Gasteiger partial charge in [0.2, 0.25) is 11.8 Å². The Kier molecular flexibility index (Phi) is 18.8. The van der Waals surface area contributed by atoms with Crippen molar-refractivity contribution in [1.82, 2.24) is 21.3 Å². The molecule has 0 radical (unpaired) electrons. The molecule has 0 bridgehead atoms. The van der Waals surface area contributed by atoms with Crippen LogP contribution in [0.15, 0.2) is 0 Å². The second-order valence-electron chi connectivity index (χ2n) is 7.04. The predicted molar refractivity (Wildman–Crippen MR) is 119 cm³/mol. The van der Waals surface area contributed by atoms with Crippen molar-refractivity contribution in [2.75, 3.05) is 26.2 Å². The Morgan fingerprint density at radius 2 is 1.57 bits per heavy atom. The van der Waals surface area contributed by atoms with Crippen molar-refractivity contribution in [1.29, 1.82) is 0 Å². The van der Waals surface area contributed by atoms with Crippen LogP contribution in [0.1, 0.15) is 60.3 Å². The van der Waals surface area contributed by atoms with E-state index in [1.807, 2.05) is 13.8 Å². The largest absolute Gasteiger partial charge is 0.352 e. The van der Waals surface area contributed by atoms with Gasteiger partial charge in [0.25, 0.3) is 0 Å². The van der Waals surface area contributed by atoms with Crippen LogP contribution in [0.4, 0.5) is 4.79 Å². The summed E-state index contributed by atoms with van der Waals surface area (Å²) in [4.78, 5) is 47.3. The third-order valence-corrected chi connectivity index (χ3v) is 4.17. The smallest absolute Gasteiger partial charge is 0.312 e. The number of rotatable bonds is 14. The molecule has 0 aliphatic carbocycles. The van der Waals surface area contributed by atoms with Crippen LogP contribution in [0.5, 0.6) is 0 Å². The summed E-state index contributed by atoms with van der Waals surface area (Å²) < 4.78 is 0. The molecule has 0 rings (SSSR count). The highest BCUT2D eigenvalue weighted by atomic mass is 16.2. The van der Waals surface area contributed by atoms with Gasteiger partial charge in [0.15, 0.2) is 5.78 Å². The standard InChI is InChI=1S/C17H34N6O4.C3H8/c1-4-11(3)15(25)12(7-6-8-21-17(19)27)23-14(24)10-22-16(26)13(9-18)20-5-2;1-3-2/h11-13,20H,4-10,18H2,1-3H3,(H,22,26)(H,23,24)(H3,19,21,27);3H2,1-2H3. The van der Waals surface area contributed by atoms with Crippen LogP contribution in [-0.4, -0.2) is 61.9 Å². The summed E-state index contributed by atoms with van der Waals surface area (Å²) in [6.07, 6.45) is 2.76. The number of amides is 4. The molecule has 8 N–H and O–H groups in total. The molecule has 3 atom stereocenters. The number of hydrogen-bond acceptors (Lipinski definition) is 6. The highest BCUT2D eigenvalue weighted by molar-refractivity contribution is 5.92. The van der Waals surface area contributed by atoms with E-state index in [-0.39, 0.29) is 30.7 Å². The van der Waals surface area contributed by atoms with E-state index >= 15 is 0 Å². The van der Waals surface area contributed by atoms with Crippen molar-refractivity contribution in [3.8, 4) is 0 Å². The van der Waals surface area contributed by atoms with Crippen LogP contribution in [-0.2, 0) is 14.4 Å². The van der Waals surface area contributed by atoms with Crippen LogP contribution in [0.25, 0.3) is 0 Å². The second kappa shape index (κ2) is 18.8. The van der Waals surface area contributed by atoms with Crippen molar-refractivity contribution >= 4 is 23.6 Å². The number of hydrogen-bond donors (Lipinski definition) is 6. The molecule has 176 valence electrons. The maximum Gasteiger partial charge on any atom is 0.312 e. The number of carbonyl (C=O) groups excluding carboxylic acids is 4. The molecule has 4 amide bonds. The Labute approximate surface area is 180 Å². The van der Waals surface area contributed by atoms with Crippen LogP contribution >= 0.6 is 0 Å². The molecule has 0 fully saturated rings. The summed E-state index contributed by atoms with van der Waals surface area (Å²) in [5.41, 5.74) is 10.5. The van der Waals surface area contributed by atoms with Crippen LogP contribution in [0, 0.1) is 5.92 Å². The first kappa shape index (κ1) is 30.0. The molecular weight excluding hydrogens is 388 g/mol. The fourth-order valence-corrected chi connectivity index (χ4v) is 2.41. The maximum absolute atomic E-state index is 12.5. The fourth-order valence-electron chi connectivity index (χ4n) is 2.41. The van der Waals surface area contributed by atoms with Crippen LogP contribution in [0.3, 0.4) is 0 Å². The van der Waals surface area contributed by atoms with E-state index in [0.29, 0.717) is 32.4 Å². The van der Waals surface area contributed by atoms with Gasteiger partial charge in [0.05, 0.1) is 18.6 Å². The van der Waals surface area contributed by atoms with Gasteiger partial charge >= 0.3 is 6.03 Å². The zero-order valence-electron chi connectivity index (χ0n) is 19.2. The van der Waals surface area contributed by atoms with Gasteiger partial charge in [0, 0.05) is 19.0 Å². The molecule has 0 saturated carbocycles. The molecule has 0 aromatic heterocycles. The van der Waals surface area contributed by atoms with E-state index in [2.05, 4.69) is 35.1 Å². The van der Waals surface area contributed by atoms with E-state index in [9.17, 15) is 19.2 Å². The minimum absolute atomic E-state index is 0.0799. The monoisotopic (exact) mass is 430 g/mol. The van der Waals surface area contributed by atoms with Gasteiger partial charge in [-0.1, -0.05) is 41.0 Å². The summed E-state index contributed by atoms with van der Waals surface area (Å²) in [6.45, 7) is 10.5. The Bertz CT molecular complexity index is 516. The lowest BCUT2D eigenvalue weighted by atomic mass is 9.94. The lowest BCUT2D eigenvalue weighted by Crippen LogP contribution is -2.52. The van der Waals surface area contributed by atoms with Crippen molar-refractivity contribution in [3.63, 3.8) is 0 Å². The molecule has 0 spiro atoms. The molecule has 10 nitrogen and oxygen atoms in total. The SMILES string of the molecule is CCC.CCNC(CN)C(=O)NCC(=O)NC(CCCNC(N)=O)C(=O)C(C)CC. The maximum atomic E-state index is 12.5. The van der Waals surface area contributed by atoms with Gasteiger partial charge < -0.3 is 32.7 Å². The topological polar surface area (TPSA) is 168 Å². The Balaban J connectivity index is 0. The van der Waals surface area contributed by atoms with E-state index in [4.69, 9.17) is 11.5 Å². The molecule has 0 saturated heterocycles. The number of nitrogens with one attached hydrogen (secondary N) is 4. The number of Topliss-reactive ketones (excluding diaryl/α,β-unsaturated/α-hetero) is 1. The van der Waals surface area contributed by atoms with Crippen LogP contribution in [0.2, 0.25) is 0 Å². The Morgan fingerprint density at radius 3 is 2.03 bits per heavy atom. The van der Waals surface area contributed by atoms with Crippen molar-refractivity contribution in [2.24, 2.45) is 17.4 Å². The quantitative estimate of drug-likeness (QED) is 0.212. The van der Waals surface area contributed by atoms with Gasteiger partial charge in [0.1, 0.15) is 0 Å². The summed E-state index contributed by atoms with van der Waals surface area (Å²) >= 11 is 0. The summed E-state index contributed by atoms with van der Waals surface area (Å²) in [5.74, 6) is -1.11. The molecular formula is C20H42N6O4. The average Bonchev–Trinajstić information content (AvgIpc) is 2.71. The van der Waals surface area contributed by atoms with Crippen molar-refractivity contribution < 1.29 is 19.2 Å². The van der Waals surface area contributed by atoms with Gasteiger partial charge in [-0.15, -0.1) is 0 Å². The van der Waals surface area contributed by atoms with E-state index in [1.165, 1.54) is 6.42 Å². The van der Waals surface area contributed by atoms with E-state index in [0.717, 1.165) is 0 Å². The molecule has 0 heterocycles.